The van der Waals surface area contributed by atoms with Crippen LogP contribution in [0.25, 0.3) is 0 Å². The van der Waals surface area contributed by atoms with E-state index in [1.54, 1.807) is 20.8 Å². The van der Waals surface area contributed by atoms with Gasteiger partial charge in [-0.2, -0.15) is 0 Å². The summed E-state index contributed by atoms with van der Waals surface area (Å²) in [5.41, 5.74) is 2.21. The lowest BCUT2D eigenvalue weighted by atomic mass is 9.95. The highest BCUT2D eigenvalue weighted by Gasteiger charge is 2.22. The van der Waals surface area contributed by atoms with Gasteiger partial charge in [-0.3, -0.25) is 4.79 Å². The number of rotatable bonds is 7. The fourth-order valence-electron chi connectivity index (χ4n) is 3.27. The third-order valence-corrected chi connectivity index (χ3v) is 4.71. The predicted octanol–water partition coefficient (Wildman–Crippen LogP) is 4.97. The Morgan fingerprint density at radius 3 is 2.15 bits per heavy atom. The molecule has 26 heavy (non-hydrogen) atoms. The van der Waals surface area contributed by atoms with Gasteiger partial charge in [0.1, 0.15) is 0 Å². The highest BCUT2D eigenvalue weighted by Crippen LogP contribution is 2.28. The molecular formula is C21H30O5. The molecule has 0 saturated heterocycles. The molecule has 1 aromatic carbocycles. The van der Waals surface area contributed by atoms with Gasteiger partial charge >= 0.3 is 12.1 Å². The van der Waals surface area contributed by atoms with Crippen LogP contribution in [0.15, 0.2) is 24.3 Å². The van der Waals surface area contributed by atoms with Crippen molar-refractivity contribution < 1.29 is 23.8 Å². The van der Waals surface area contributed by atoms with E-state index in [1.807, 2.05) is 12.1 Å². The first-order valence-electron chi connectivity index (χ1n) is 9.51. The lowest BCUT2D eigenvalue weighted by Gasteiger charge is -2.18. The summed E-state index contributed by atoms with van der Waals surface area (Å²) >= 11 is 0. The number of ether oxygens (including phenoxy) is 3. The van der Waals surface area contributed by atoms with E-state index >= 15 is 0 Å². The van der Waals surface area contributed by atoms with Gasteiger partial charge in [-0.15, -0.1) is 0 Å². The topological polar surface area (TPSA) is 61.8 Å². The van der Waals surface area contributed by atoms with E-state index in [-0.39, 0.29) is 6.10 Å². The molecule has 1 aromatic rings. The van der Waals surface area contributed by atoms with Crippen molar-refractivity contribution >= 4 is 12.1 Å². The van der Waals surface area contributed by atoms with E-state index in [0.717, 1.165) is 17.9 Å². The number of hydrogen-bond donors (Lipinski definition) is 0. The molecule has 1 fully saturated rings. The maximum atomic E-state index is 12.3. The normalized spacial score (nSPS) is 17.0. The molecule has 0 heterocycles. The van der Waals surface area contributed by atoms with E-state index in [1.165, 1.54) is 38.2 Å². The van der Waals surface area contributed by atoms with E-state index in [9.17, 15) is 9.59 Å². The van der Waals surface area contributed by atoms with E-state index in [4.69, 9.17) is 14.2 Å². The number of carbonyl (C=O) groups excluding carboxylic acids is 2. The molecule has 0 radical (unpaired) electrons. The van der Waals surface area contributed by atoms with Gasteiger partial charge in [0.2, 0.25) is 6.29 Å². The van der Waals surface area contributed by atoms with Crippen LogP contribution in [-0.4, -0.2) is 24.5 Å². The molecule has 144 valence electrons. The smallest absolute Gasteiger partial charge is 0.431 e. The maximum absolute atomic E-state index is 12.3. The van der Waals surface area contributed by atoms with Crippen molar-refractivity contribution in [3.63, 3.8) is 0 Å². The van der Waals surface area contributed by atoms with Gasteiger partial charge in [-0.25, -0.2) is 4.79 Å². The lowest BCUT2D eigenvalue weighted by Crippen LogP contribution is -2.25. The van der Waals surface area contributed by atoms with Crippen LogP contribution in [0.2, 0.25) is 0 Å². The first-order valence-corrected chi connectivity index (χ1v) is 9.51. The summed E-state index contributed by atoms with van der Waals surface area (Å²) in [5.74, 6) is -0.0621. The Morgan fingerprint density at radius 1 is 0.962 bits per heavy atom. The van der Waals surface area contributed by atoms with Crippen LogP contribution >= 0.6 is 0 Å². The Kier molecular flexibility index (Phi) is 7.49. The monoisotopic (exact) mass is 362 g/mol. The molecule has 1 aliphatic carbocycles. The molecule has 0 bridgehead atoms. The van der Waals surface area contributed by atoms with Crippen molar-refractivity contribution in [1.29, 1.82) is 0 Å². The molecular weight excluding hydrogens is 332 g/mol. The Bertz CT molecular complexity index is 587. The molecule has 1 aliphatic rings. The summed E-state index contributed by atoms with van der Waals surface area (Å²) < 4.78 is 15.0. The quantitative estimate of drug-likeness (QED) is 0.506. The number of benzene rings is 1. The molecule has 2 unspecified atom stereocenters. The first kappa shape index (κ1) is 20.3. The minimum atomic E-state index is -0.988. The summed E-state index contributed by atoms with van der Waals surface area (Å²) in [6.07, 6.45) is 4.33. The second kappa shape index (κ2) is 9.60. The molecule has 1 saturated carbocycles. The fourth-order valence-corrected chi connectivity index (χ4v) is 3.27. The highest BCUT2D eigenvalue weighted by molar-refractivity contribution is 5.77. The summed E-state index contributed by atoms with van der Waals surface area (Å²) in [5, 5.41) is 0. The first-order chi connectivity index (χ1) is 12.3. The highest BCUT2D eigenvalue weighted by atomic mass is 16.8. The zero-order valence-corrected chi connectivity index (χ0v) is 16.2. The second-order valence-electron chi connectivity index (χ2n) is 7.36. The van der Waals surface area contributed by atoms with Crippen molar-refractivity contribution in [2.24, 2.45) is 5.92 Å². The molecule has 0 N–H and O–H groups in total. The number of esters is 1. The summed E-state index contributed by atoms with van der Waals surface area (Å²) in [7, 11) is 0. The van der Waals surface area contributed by atoms with E-state index in [0.29, 0.717) is 0 Å². The van der Waals surface area contributed by atoms with Crippen LogP contribution in [0, 0.1) is 5.92 Å². The SMILES string of the molecule is CC(C)OC(=O)OC(C)OC(=O)C(C)c1ccc(CC2CCCC2)cc1. The minimum absolute atomic E-state index is 0.285. The van der Waals surface area contributed by atoms with Crippen LogP contribution in [0.4, 0.5) is 4.79 Å². The van der Waals surface area contributed by atoms with E-state index in [2.05, 4.69) is 12.1 Å². The maximum Gasteiger partial charge on any atom is 0.511 e. The van der Waals surface area contributed by atoms with Crippen molar-refractivity contribution in [3.8, 4) is 0 Å². The Labute approximate surface area is 156 Å². The van der Waals surface area contributed by atoms with Crippen LogP contribution in [0.1, 0.15) is 70.4 Å². The average Bonchev–Trinajstić information content (AvgIpc) is 3.06. The van der Waals surface area contributed by atoms with Gasteiger partial charge in [0.05, 0.1) is 12.0 Å². The molecule has 0 amide bonds. The van der Waals surface area contributed by atoms with Gasteiger partial charge in [0, 0.05) is 6.92 Å². The molecule has 5 heteroatoms. The third kappa shape index (κ3) is 6.36. The zero-order chi connectivity index (χ0) is 19.1. The standard InChI is InChI=1S/C21H30O5/c1-14(2)24-21(23)26-16(4)25-20(22)15(3)19-11-9-18(10-12-19)13-17-7-5-6-8-17/h9-12,14-17H,5-8,13H2,1-4H3. The van der Waals surface area contributed by atoms with Crippen LogP contribution in [-0.2, 0) is 25.4 Å². The minimum Gasteiger partial charge on any atom is -0.431 e. The van der Waals surface area contributed by atoms with Gasteiger partial charge in [-0.1, -0.05) is 49.9 Å². The summed E-state index contributed by atoms with van der Waals surface area (Å²) in [6, 6.07) is 8.15. The lowest BCUT2D eigenvalue weighted by molar-refractivity contribution is -0.169. The average molecular weight is 362 g/mol. The largest absolute Gasteiger partial charge is 0.511 e. The molecule has 0 spiro atoms. The van der Waals surface area contributed by atoms with E-state index < -0.39 is 24.3 Å². The number of hydrogen-bond acceptors (Lipinski definition) is 5. The molecule has 0 aliphatic heterocycles. The fraction of sp³-hybridized carbons (Fsp3) is 0.619. The molecule has 2 rings (SSSR count). The molecule has 5 nitrogen and oxygen atoms in total. The van der Waals surface area contributed by atoms with Crippen LogP contribution in [0.5, 0.6) is 0 Å². The van der Waals surface area contributed by atoms with Crippen molar-refractivity contribution in [3.05, 3.63) is 35.4 Å². The zero-order valence-electron chi connectivity index (χ0n) is 16.2. The Hall–Kier alpha value is -2.04. The summed E-state index contributed by atoms with van der Waals surface area (Å²) in [6.45, 7) is 6.72. The Morgan fingerprint density at radius 2 is 1.58 bits per heavy atom. The van der Waals surface area contributed by atoms with Gasteiger partial charge in [-0.05, 0) is 44.2 Å². The van der Waals surface area contributed by atoms with Crippen LogP contribution in [0.3, 0.4) is 0 Å². The predicted molar refractivity (Wildman–Crippen MR) is 98.8 cm³/mol. The van der Waals surface area contributed by atoms with Crippen LogP contribution < -0.4 is 0 Å². The second-order valence-corrected chi connectivity index (χ2v) is 7.36. The number of carbonyl (C=O) groups is 2. The van der Waals surface area contributed by atoms with Crippen molar-refractivity contribution in [2.45, 2.75) is 78.1 Å². The van der Waals surface area contributed by atoms with Gasteiger partial charge in [0.25, 0.3) is 0 Å². The summed E-state index contributed by atoms with van der Waals surface area (Å²) in [4.78, 5) is 23.7. The van der Waals surface area contributed by atoms with Gasteiger partial charge < -0.3 is 14.2 Å². The Balaban J connectivity index is 1.83. The third-order valence-electron chi connectivity index (χ3n) is 4.71. The van der Waals surface area contributed by atoms with Crippen molar-refractivity contribution in [2.75, 3.05) is 0 Å². The van der Waals surface area contributed by atoms with Crippen molar-refractivity contribution in [1.82, 2.24) is 0 Å². The van der Waals surface area contributed by atoms with Gasteiger partial charge in [0.15, 0.2) is 0 Å². The molecule has 0 aromatic heterocycles. The molecule has 2 atom stereocenters.